The predicted octanol–water partition coefficient (Wildman–Crippen LogP) is 3.33. The molecule has 1 aliphatic heterocycles. The Kier molecular flexibility index (Phi) is 4.75. The molecule has 3 nitrogen and oxygen atoms in total. The molecule has 0 radical (unpaired) electrons. The Labute approximate surface area is 121 Å². The third-order valence-corrected chi connectivity index (χ3v) is 3.70. The zero-order chi connectivity index (χ0) is 14.8. The molecule has 1 aromatic heterocycles. The second-order valence-corrected chi connectivity index (χ2v) is 5.46. The number of piperidine rings is 1. The maximum atomic E-state index is 12.6. The van der Waals surface area contributed by atoms with Gasteiger partial charge in [0, 0.05) is 25.8 Å². The molecule has 1 aromatic rings. The van der Waals surface area contributed by atoms with Gasteiger partial charge in [0.1, 0.15) is 5.82 Å². The molecule has 112 valence electrons. The summed E-state index contributed by atoms with van der Waals surface area (Å²) in [5.74, 6) is 0.382. The highest BCUT2D eigenvalue weighted by Crippen LogP contribution is 2.33. The minimum absolute atomic E-state index is 0.0261. The Morgan fingerprint density at radius 2 is 2.20 bits per heavy atom. The molecule has 2 rings (SSSR count). The van der Waals surface area contributed by atoms with Gasteiger partial charge in [-0.1, -0.05) is 18.0 Å². The lowest BCUT2D eigenvalue weighted by atomic mass is 10.0. The molecule has 2 heterocycles. The van der Waals surface area contributed by atoms with Gasteiger partial charge in [0.25, 0.3) is 0 Å². The standard InChI is InChI=1S/C13H17ClF3N3/c1-20(8-10-4-2-3-5-18-10)12-11(14)6-9(7-19-12)13(15,16)17/h6-7,10,18H,2-5,8H2,1H3/t10-/m1/s1. The summed E-state index contributed by atoms with van der Waals surface area (Å²) in [4.78, 5) is 5.65. The van der Waals surface area contributed by atoms with E-state index in [-0.39, 0.29) is 5.02 Å². The van der Waals surface area contributed by atoms with Crippen molar-refractivity contribution in [2.24, 2.45) is 0 Å². The number of nitrogens with zero attached hydrogens (tertiary/aromatic N) is 2. The number of rotatable bonds is 3. The zero-order valence-electron chi connectivity index (χ0n) is 11.2. The quantitative estimate of drug-likeness (QED) is 0.928. The summed E-state index contributed by atoms with van der Waals surface area (Å²) in [6.07, 6.45) is -0.202. The molecular formula is C13H17ClF3N3. The van der Waals surface area contributed by atoms with Crippen molar-refractivity contribution < 1.29 is 13.2 Å². The Bertz CT molecular complexity index is 459. The van der Waals surface area contributed by atoms with E-state index in [0.717, 1.165) is 25.2 Å². The molecule has 1 N–H and O–H groups in total. The van der Waals surface area contributed by atoms with Crippen LogP contribution in [0.1, 0.15) is 24.8 Å². The lowest BCUT2D eigenvalue weighted by molar-refractivity contribution is -0.137. The monoisotopic (exact) mass is 307 g/mol. The third-order valence-electron chi connectivity index (χ3n) is 3.42. The molecule has 20 heavy (non-hydrogen) atoms. The van der Waals surface area contributed by atoms with Crippen LogP contribution >= 0.6 is 11.6 Å². The van der Waals surface area contributed by atoms with Crippen LogP contribution in [0.3, 0.4) is 0 Å². The van der Waals surface area contributed by atoms with Gasteiger partial charge in [-0.25, -0.2) is 4.98 Å². The van der Waals surface area contributed by atoms with E-state index in [1.807, 2.05) is 0 Å². The summed E-state index contributed by atoms with van der Waals surface area (Å²) in [5, 5.41) is 3.41. The summed E-state index contributed by atoms with van der Waals surface area (Å²) in [7, 11) is 1.79. The van der Waals surface area contributed by atoms with E-state index < -0.39 is 11.7 Å². The average Bonchev–Trinajstić information content (AvgIpc) is 2.38. The summed E-state index contributed by atoms with van der Waals surface area (Å²) < 4.78 is 37.7. The second-order valence-electron chi connectivity index (χ2n) is 5.05. The van der Waals surface area contributed by atoms with Gasteiger partial charge in [-0.05, 0) is 25.5 Å². The first-order valence-electron chi connectivity index (χ1n) is 6.55. The zero-order valence-corrected chi connectivity index (χ0v) is 11.9. The van der Waals surface area contributed by atoms with Gasteiger partial charge in [-0.2, -0.15) is 13.2 Å². The lowest BCUT2D eigenvalue weighted by Crippen LogP contribution is -2.42. The number of nitrogens with one attached hydrogen (secondary N) is 1. The number of likely N-dealkylation sites (N-methyl/N-ethyl adjacent to an activating group) is 1. The van der Waals surface area contributed by atoms with Crippen LogP contribution in [0.15, 0.2) is 12.3 Å². The molecule has 1 fully saturated rings. The SMILES string of the molecule is CN(C[C@H]1CCCCN1)c1ncc(C(F)(F)F)cc1Cl. The topological polar surface area (TPSA) is 28.2 Å². The summed E-state index contributed by atoms with van der Waals surface area (Å²) in [6, 6.07) is 1.25. The molecule has 0 spiro atoms. The number of pyridine rings is 1. The van der Waals surface area contributed by atoms with Crippen molar-refractivity contribution in [1.82, 2.24) is 10.3 Å². The van der Waals surface area contributed by atoms with Gasteiger partial charge in [-0.3, -0.25) is 0 Å². The van der Waals surface area contributed by atoms with Crippen molar-refractivity contribution >= 4 is 17.4 Å². The van der Waals surface area contributed by atoms with Crippen LogP contribution in [0.2, 0.25) is 5.02 Å². The second kappa shape index (κ2) is 6.18. The highest BCUT2D eigenvalue weighted by atomic mass is 35.5. The highest BCUT2D eigenvalue weighted by molar-refractivity contribution is 6.33. The normalized spacial score (nSPS) is 19.9. The molecule has 0 unspecified atom stereocenters. The van der Waals surface area contributed by atoms with E-state index in [0.29, 0.717) is 18.4 Å². The smallest absolute Gasteiger partial charge is 0.357 e. The number of anilines is 1. The maximum Gasteiger partial charge on any atom is 0.417 e. The van der Waals surface area contributed by atoms with Gasteiger partial charge in [0.05, 0.1) is 10.6 Å². The van der Waals surface area contributed by atoms with E-state index >= 15 is 0 Å². The van der Waals surface area contributed by atoms with Gasteiger partial charge < -0.3 is 10.2 Å². The van der Waals surface area contributed by atoms with Crippen molar-refractivity contribution in [3.8, 4) is 0 Å². The summed E-state index contributed by atoms with van der Waals surface area (Å²) >= 11 is 5.92. The van der Waals surface area contributed by atoms with Crippen molar-refractivity contribution in [1.29, 1.82) is 0 Å². The van der Waals surface area contributed by atoms with Crippen LogP contribution in [0, 0.1) is 0 Å². The van der Waals surface area contributed by atoms with Crippen LogP contribution < -0.4 is 10.2 Å². The first-order valence-corrected chi connectivity index (χ1v) is 6.93. The molecule has 0 aromatic carbocycles. The Morgan fingerprint density at radius 3 is 2.75 bits per heavy atom. The molecule has 1 saturated heterocycles. The van der Waals surface area contributed by atoms with Crippen LogP contribution in [0.5, 0.6) is 0 Å². The number of aromatic nitrogens is 1. The lowest BCUT2D eigenvalue weighted by Gasteiger charge is -2.29. The fraction of sp³-hybridized carbons (Fsp3) is 0.615. The Balaban J connectivity index is 2.07. The fourth-order valence-electron chi connectivity index (χ4n) is 2.36. The predicted molar refractivity (Wildman–Crippen MR) is 73.2 cm³/mol. The number of alkyl halides is 3. The van der Waals surface area contributed by atoms with Crippen LogP contribution in [-0.4, -0.2) is 31.2 Å². The van der Waals surface area contributed by atoms with Crippen molar-refractivity contribution in [3.05, 3.63) is 22.8 Å². The Hall–Kier alpha value is -1.01. The van der Waals surface area contributed by atoms with Crippen molar-refractivity contribution in [3.63, 3.8) is 0 Å². The molecule has 0 saturated carbocycles. The van der Waals surface area contributed by atoms with E-state index in [2.05, 4.69) is 10.3 Å². The van der Waals surface area contributed by atoms with Gasteiger partial charge in [0.15, 0.2) is 0 Å². The molecule has 0 amide bonds. The van der Waals surface area contributed by atoms with E-state index in [1.165, 1.54) is 12.8 Å². The molecule has 1 aliphatic rings. The minimum Gasteiger partial charge on any atom is -0.357 e. The van der Waals surface area contributed by atoms with Crippen LogP contribution in [0.4, 0.5) is 19.0 Å². The van der Waals surface area contributed by atoms with Gasteiger partial charge in [0.2, 0.25) is 0 Å². The maximum absolute atomic E-state index is 12.6. The molecule has 0 aliphatic carbocycles. The van der Waals surface area contributed by atoms with Gasteiger partial charge >= 0.3 is 6.18 Å². The van der Waals surface area contributed by atoms with Crippen molar-refractivity contribution in [2.45, 2.75) is 31.5 Å². The Morgan fingerprint density at radius 1 is 1.45 bits per heavy atom. The van der Waals surface area contributed by atoms with Crippen LogP contribution in [0.25, 0.3) is 0 Å². The first kappa shape index (κ1) is 15.4. The van der Waals surface area contributed by atoms with E-state index in [1.54, 1.807) is 11.9 Å². The van der Waals surface area contributed by atoms with Crippen LogP contribution in [-0.2, 0) is 6.18 Å². The third kappa shape index (κ3) is 3.76. The molecule has 0 bridgehead atoms. The molecule has 7 heteroatoms. The number of halogens is 4. The highest BCUT2D eigenvalue weighted by Gasteiger charge is 2.32. The molecular weight excluding hydrogens is 291 g/mol. The average molecular weight is 308 g/mol. The number of hydrogen-bond acceptors (Lipinski definition) is 3. The van der Waals surface area contributed by atoms with E-state index in [9.17, 15) is 13.2 Å². The van der Waals surface area contributed by atoms with E-state index in [4.69, 9.17) is 11.6 Å². The van der Waals surface area contributed by atoms with Gasteiger partial charge in [-0.15, -0.1) is 0 Å². The molecule has 1 atom stereocenters. The van der Waals surface area contributed by atoms with Crippen molar-refractivity contribution in [2.75, 3.05) is 25.0 Å². The fourth-order valence-corrected chi connectivity index (χ4v) is 2.67. The summed E-state index contributed by atoms with van der Waals surface area (Å²) in [5.41, 5.74) is -0.824. The minimum atomic E-state index is -4.42. The largest absolute Gasteiger partial charge is 0.417 e. The first-order chi connectivity index (χ1) is 9.38. The number of hydrogen-bond donors (Lipinski definition) is 1. The summed E-state index contributed by atoms with van der Waals surface area (Å²) in [6.45, 7) is 1.66.